The van der Waals surface area contributed by atoms with Crippen LogP contribution in [0.2, 0.25) is 0 Å². The zero-order chi connectivity index (χ0) is 25.7. The molecule has 1 saturated heterocycles. The summed E-state index contributed by atoms with van der Waals surface area (Å²) in [6, 6.07) is 0. The second kappa shape index (κ2) is 10.3. The fourth-order valence-electron chi connectivity index (χ4n) is 9.72. The summed E-state index contributed by atoms with van der Waals surface area (Å²) >= 11 is 0. The van der Waals surface area contributed by atoms with E-state index in [9.17, 15) is 14.7 Å². The number of hydrogen-bond acceptors (Lipinski definition) is 6. The largest absolute Gasteiger partial charge is 0.469 e. The molecular formula is C30H48O6. The predicted molar refractivity (Wildman–Crippen MR) is 136 cm³/mol. The summed E-state index contributed by atoms with van der Waals surface area (Å²) in [6.45, 7) is 7.77. The van der Waals surface area contributed by atoms with E-state index >= 15 is 0 Å². The molecular weight excluding hydrogens is 456 g/mol. The summed E-state index contributed by atoms with van der Waals surface area (Å²) < 4.78 is 17.8. The van der Waals surface area contributed by atoms with Gasteiger partial charge in [0.15, 0.2) is 6.29 Å². The molecule has 0 aromatic heterocycles. The van der Waals surface area contributed by atoms with Gasteiger partial charge in [-0.3, -0.25) is 9.59 Å². The lowest BCUT2D eigenvalue weighted by atomic mass is 9.43. The number of aliphatic hydroxyl groups excluding tert-OH is 1. The molecule has 4 saturated carbocycles. The molecule has 6 unspecified atom stereocenters. The lowest BCUT2D eigenvalue weighted by molar-refractivity contribution is -0.258. The number of esters is 1. The second-order valence-electron chi connectivity index (χ2n) is 13.3. The number of carbonyl (C=O) groups is 2. The number of methoxy groups -OCH3 is 1. The van der Waals surface area contributed by atoms with E-state index < -0.39 is 0 Å². The van der Waals surface area contributed by atoms with E-state index in [1.807, 2.05) is 0 Å². The molecule has 0 bridgehead atoms. The fourth-order valence-corrected chi connectivity index (χ4v) is 9.72. The molecule has 6 nitrogen and oxygen atoms in total. The average Bonchev–Trinajstić information content (AvgIpc) is 3.23. The van der Waals surface area contributed by atoms with Crippen LogP contribution in [0.3, 0.4) is 0 Å². The maximum atomic E-state index is 12.5. The third-order valence-electron chi connectivity index (χ3n) is 11.8. The van der Waals surface area contributed by atoms with Crippen LogP contribution < -0.4 is 0 Å². The van der Waals surface area contributed by atoms with Gasteiger partial charge in [-0.1, -0.05) is 20.8 Å². The van der Waals surface area contributed by atoms with Crippen LogP contribution in [0.1, 0.15) is 97.8 Å². The predicted octanol–water partition coefficient (Wildman–Crippen LogP) is 5.30. The van der Waals surface area contributed by atoms with Crippen molar-refractivity contribution < 1.29 is 28.9 Å². The highest BCUT2D eigenvalue weighted by Crippen LogP contribution is 2.68. The van der Waals surface area contributed by atoms with Crippen molar-refractivity contribution in [2.24, 2.45) is 46.3 Å². The van der Waals surface area contributed by atoms with E-state index in [-0.39, 0.29) is 35.3 Å². The number of hydrogen-bond donors (Lipinski definition) is 1. The minimum atomic E-state index is -0.364. The van der Waals surface area contributed by atoms with Crippen molar-refractivity contribution in [3.8, 4) is 0 Å². The number of Topliss-reactive ketones (excluding diaryl/α,β-unsaturated/α-hetero) is 1. The highest BCUT2D eigenvalue weighted by molar-refractivity contribution is 5.79. The Morgan fingerprint density at radius 3 is 2.69 bits per heavy atom. The molecule has 36 heavy (non-hydrogen) atoms. The van der Waals surface area contributed by atoms with Gasteiger partial charge in [-0.25, -0.2) is 0 Å². The molecule has 1 heterocycles. The van der Waals surface area contributed by atoms with Crippen molar-refractivity contribution in [2.75, 3.05) is 13.7 Å². The first-order valence-corrected chi connectivity index (χ1v) is 14.7. The lowest BCUT2D eigenvalue weighted by Gasteiger charge is -2.63. The molecule has 1 N–H and O–H groups in total. The molecule has 204 valence electrons. The topological polar surface area (TPSA) is 82.1 Å². The van der Waals surface area contributed by atoms with Crippen LogP contribution in [-0.2, 0) is 23.8 Å². The van der Waals surface area contributed by atoms with Gasteiger partial charge >= 0.3 is 5.97 Å². The first-order chi connectivity index (χ1) is 17.2. The van der Waals surface area contributed by atoms with Crippen molar-refractivity contribution in [2.45, 2.75) is 116 Å². The molecule has 4 aliphatic carbocycles. The maximum Gasteiger partial charge on any atom is 0.305 e. The Balaban J connectivity index is 1.44. The normalized spacial score (nSPS) is 47.4. The fraction of sp³-hybridized carbons (Fsp3) is 0.933. The van der Waals surface area contributed by atoms with Gasteiger partial charge in [0.25, 0.3) is 0 Å². The number of fused-ring (bicyclic) bond motifs is 5. The summed E-state index contributed by atoms with van der Waals surface area (Å²) in [5, 5.41) is 11.9. The highest BCUT2D eigenvalue weighted by Gasteiger charge is 2.66. The Labute approximate surface area is 217 Å². The molecule has 6 heteroatoms. The second-order valence-corrected chi connectivity index (χ2v) is 13.3. The Hall–Kier alpha value is -0.980. The van der Waals surface area contributed by atoms with E-state index in [1.165, 1.54) is 7.11 Å². The van der Waals surface area contributed by atoms with E-state index in [1.54, 1.807) is 0 Å². The number of ether oxygens (including phenoxy) is 3. The molecule has 0 spiro atoms. The van der Waals surface area contributed by atoms with Gasteiger partial charge in [0, 0.05) is 25.9 Å². The van der Waals surface area contributed by atoms with Crippen LogP contribution in [0, 0.1) is 46.3 Å². The molecule has 5 fully saturated rings. The number of aliphatic hydroxyl groups is 1. The van der Waals surface area contributed by atoms with Crippen LogP contribution >= 0.6 is 0 Å². The molecule has 5 aliphatic rings. The molecule has 0 aromatic carbocycles. The maximum absolute atomic E-state index is 12.5. The van der Waals surface area contributed by atoms with E-state index in [4.69, 9.17) is 14.2 Å². The number of rotatable bonds is 6. The van der Waals surface area contributed by atoms with Crippen molar-refractivity contribution in [3.63, 3.8) is 0 Å². The minimum absolute atomic E-state index is 0.0861. The van der Waals surface area contributed by atoms with Crippen LogP contribution in [0.25, 0.3) is 0 Å². The van der Waals surface area contributed by atoms with E-state index in [0.29, 0.717) is 60.6 Å². The highest BCUT2D eigenvalue weighted by atomic mass is 16.7. The van der Waals surface area contributed by atoms with Crippen LogP contribution in [0.5, 0.6) is 0 Å². The van der Waals surface area contributed by atoms with Gasteiger partial charge in [-0.15, -0.1) is 0 Å². The van der Waals surface area contributed by atoms with Gasteiger partial charge < -0.3 is 19.3 Å². The molecule has 5 rings (SSSR count). The SMILES string of the molecule is COC(=O)CCC(C)C1CCC2C3C(C[C@H](O)[C@]12C)[C@@]1(C)CCC(=O)C[C@H]1C[C@H]3OC1CCCCO1. The van der Waals surface area contributed by atoms with Crippen molar-refractivity contribution in [1.29, 1.82) is 0 Å². The first-order valence-electron chi connectivity index (χ1n) is 14.7. The summed E-state index contributed by atoms with van der Waals surface area (Å²) in [5.74, 6) is 2.46. The molecule has 0 amide bonds. The quantitative estimate of drug-likeness (QED) is 0.391. The van der Waals surface area contributed by atoms with Crippen molar-refractivity contribution in [1.82, 2.24) is 0 Å². The van der Waals surface area contributed by atoms with Crippen LogP contribution in [-0.4, -0.2) is 49.1 Å². The smallest absolute Gasteiger partial charge is 0.305 e. The lowest BCUT2D eigenvalue weighted by Crippen LogP contribution is -2.63. The van der Waals surface area contributed by atoms with E-state index in [2.05, 4.69) is 20.8 Å². The Kier molecular flexibility index (Phi) is 7.61. The zero-order valence-corrected chi connectivity index (χ0v) is 22.9. The number of ketones is 1. The van der Waals surface area contributed by atoms with Crippen LogP contribution in [0.15, 0.2) is 0 Å². The Morgan fingerprint density at radius 2 is 1.97 bits per heavy atom. The Bertz CT molecular complexity index is 822. The monoisotopic (exact) mass is 504 g/mol. The Morgan fingerprint density at radius 1 is 1.17 bits per heavy atom. The van der Waals surface area contributed by atoms with Gasteiger partial charge in [0.2, 0.25) is 0 Å². The molecule has 1 aliphatic heterocycles. The molecule has 0 radical (unpaired) electrons. The summed E-state index contributed by atoms with van der Waals surface area (Å²) in [4.78, 5) is 24.4. The standard InChI is InChI=1S/C30H48O6/c1-18(8-11-26(33)34-4)21-9-10-22-28-23(17-25(32)30(21,22)3)29(2)13-12-20(31)15-19(29)16-24(28)36-27-7-5-6-14-35-27/h18-19,21-25,27-28,32H,5-17H2,1-4H3/t18?,19-,21?,22?,23?,24+,25-,27?,28?,29-,30+/m0/s1. The van der Waals surface area contributed by atoms with Gasteiger partial charge in [-0.2, -0.15) is 0 Å². The summed E-state index contributed by atoms with van der Waals surface area (Å²) in [5.41, 5.74) is -0.0951. The third-order valence-corrected chi connectivity index (χ3v) is 11.8. The molecule has 0 aromatic rings. The van der Waals surface area contributed by atoms with Gasteiger partial charge in [0.05, 0.1) is 19.3 Å². The molecule has 11 atom stereocenters. The van der Waals surface area contributed by atoms with Gasteiger partial charge in [-0.05, 0) is 104 Å². The average molecular weight is 505 g/mol. The third kappa shape index (κ3) is 4.47. The number of carbonyl (C=O) groups excluding carboxylic acids is 2. The van der Waals surface area contributed by atoms with E-state index in [0.717, 1.165) is 64.4 Å². The van der Waals surface area contributed by atoms with Crippen molar-refractivity contribution >= 4 is 11.8 Å². The van der Waals surface area contributed by atoms with Crippen molar-refractivity contribution in [3.05, 3.63) is 0 Å². The zero-order valence-electron chi connectivity index (χ0n) is 22.9. The minimum Gasteiger partial charge on any atom is -0.469 e. The van der Waals surface area contributed by atoms with Crippen LogP contribution in [0.4, 0.5) is 0 Å². The van der Waals surface area contributed by atoms with Gasteiger partial charge in [0.1, 0.15) is 5.78 Å². The summed E-state index contributed by atoms with van der Waals surface area (Å²) in [6.07, 6.45) is 10.2. The summed E-state index contributed by atoms with van der Waals surface area (Å²) in [7, 11) is 1.46. The first kappa shape index (κ1) is 26.6.